The number of ether oxygens (including phenoxy) is 3. The van der Waals surface area contributed by atoms with E-state index in [0.717, 1.165) is 0 Å². The van der Waals surface area contributed by atoms with Gasteiger partial charge in [-0.3, -0.25) is 14.4 Å². The number of hydrogen-bond donors (Lipinski definition) is 3. The zero-order valence-electron chi connectivity index (χ0n) is 18.3. The van der Waals surface area contributed by atoms with E-state index in [4.69, 9.17) is 14.2 Å². The molecule has 0 N–H and O–H groups in total. The maximum Gasteiger partial charge on any atom is 0.336 e. The van der Waals surface area contributed by atoms with Crippen molar-refractivity contribution >= 4 is 55.8 Å². The van der Waals surface area contributed by atoms with Crippen LogP contribution in [-0.2, 0) is 48.2 Å². The Morgan fingerprint density at radius 3 is 1.00 bits per heavy atom. The van der Waals surface area contributed by atoms with Crippen LogP contribution in [0, 0.1) is 0 Å². The Morgan fingerprint density at radius 2 is 0.818 bits per heavy atom. The van der Waals surface area contributed by atoms with Gasteiger partial charge in [0.05, 0.1) is 19.6 Å². The molecule has 3 atom stereocenters. The molecule has 1 rings (SSSR count). The highest BCUT2D eigenvalue weighted by molar-refractivity contribution is 7.81. The van der Waals surface area contributed by atoms with Gasteiger partial charge in [0.15, 0.2) is 16.3 Å². The molecular formula is C18H27N3O9S3. The molecule has 0 amide bonds. The molecule has 3 unspecified atom stereocenters. The van der Waals surface area contributed by atoms with Gasteiger partial charge in [-0.25, -0.2) is 28.1 Å². The van der Waals surface area contributed by atoms with Crippen LogP contribution in [0.15, 0.2) is 14.4 Å². The van der Waals surface area contributed by atoms with Crippen molar-refractivity contribution in [3.05, 3.63) is 31.5 Å². The van der Waals surface area contributed by atoms with Gasteiger partial charge in [-0.2, -0.15) is 0 Å². The minimum Gasteiger partial charge on any atom is -0.450 e. The van der Waals surface area contributed by atoms with Crippen molar-refractivity contribution in [2.24, 2.45) is 0 Å². The highest BCUT2D eigenvalue weighted by atomic mass is 32.1. The van der Waals surface area contributed by atoms with Crippen LogP contribution in [-0.4, -0.2) is 47.9 Å². The van der Waals surface area contributed by atoms with Gasteiger partial charge >= 0.3 is 35.0 Å². The summed E-state index contributed by atoms with van der Waals surface area (Å²) in [5, 5.41) is 0. The molecule has 0 aliphatic heterocycles. The summed E-state index contributed by atoms with van der Waals surface area (Å²) in [5.41, 5.74) is -6.67. The van der Waals surface area contributed by atoms with E-state index in [-0.39, 0.29) is 19.3 Å². The van der Waals surface area contributed by atoms with E-state index < -0.39 is 70.9 Å². The van der Waals surface area contributed by atoms with Gasteiger partial charge in [-0.15, -0.1) is 37.9 Å². The second-order valence-electron chi connectivity index (χ2n) is 6.57. The van der Waals surface area contributed by atoms with E-state index in [1.165, 1.54) is 0 Å². The molecule has 0 aromatic carbocycles. The van der Waals surface area contributed by atoms with Crippen molar-refractivity contribution < 1.29 is 28.6 Å². The minimum absolute atomic E-state index is 0.0456. The smallest absolute Gasteiger partial charge is 0.336 e. The largest absolute Gasteiger partial charge is 0.450 e. The van der Waals surface area contributed by atoms with Crippen LogP contribution in [0.5, 0.6) is 0 Å². The quantitative estimate of drug-likeness (QED) is 0.146. The maximum absolute atomic E-state index is 12.9. The third-order valence-electron chi connectivity index (χ3n) is 4.07. The Kier molecular flexibility index (Phi) is 11.9. The van der Waals surface area contributed by atoms with Gasteiger partial charge in [0, 0.05) is 19.3 Å². The number of thiol groups is 3. The highest BCUT2D eigenvalue weighted by Crippen LogP contribution is 2.05. The first kappa shape index (κ1) is 28.9. The molecule has 12 nitrogen and oxygen atoms in total. The zero-order valence-corrected chi connectivity index (χ0v) is 21.0. The summed E-state index contributed by atoms with van der Waals surface area (Å²) < 4.78 is 16.8. The summed E-state index contributed by atoms with van der Waals surface area (Å²) in [4.78, 5) is 73.3. The number of carbonyl (C=O) groups excluding carboxylic acids is 3. The standard InChI is InChI=1S/C18H27N3O9S3/c1-4-10(22)28-13(31)7-19-16(25)20(8-14(32)29-11(23)5-2)18(27)21(17(19)26)9-15(33)30-12(24)6-3/h13-15,31-33H,4-9H2,1-3H3. The van der Waals surface area contributed by atoms with Crippen LogP contribution in [0.4, 0.5) is 0 Å². The number of carbonyl (C=O) groups is 3. The summed E-state index contributed by atoms with van der Waals surface area (Å²) >= 11 is 12.2. The molecule has 0 spiro atoms. The Hall–Kier alpha value is -2.13. The minimum atomic E-state index is -1.17. The molecule has 0 aliphatic rings. The van der Waals surface area contributed by atoms with E-state index in [2.05, 4.69) is 37.9 Å². The van der Waals surface area contributed by atoms with E-state index in [1.54, 1.807) is 20.8 Å². The second kappa shape index (κ2) is 13.5. The lowest BCUT2D eigenvalue weighted by Crippen LogP contribution is -2.56. The number of nitrogens with zero attached hydrogens (tertiary/aromatic N) is 3. The topological polar surface area (TPSA) is 145 Å². The van der Waals surface area contributed by atoms with E-state index >= 15 is 0 Å². The number of aromatic nitrogens is 3. The fourth-order valence-electron chi connectivity index (χ4n) is 2.44. The molecule has 0 saturated carbocycles. The van der Waals surface area contributed by atoms with Crippen molar-refractivity contribution in [2.75, 3.05) is 0 Å². The molecule has 0 fully saturated rings. The van der Waals surface area contributed by atoms with Crippen LogP contribution >= 0.6 is 37.9 Å². The molecule has 1 heterocycles. The molecule has 0 radical (unpaired) electrons. The molecule has 0 saturated heterocycles. The molecule has 0 aliphatic carbocycles. The van der Waals surface area contributed by atoms with Gasteiger partial charge in [-0.1, -0.05) is 20.8 Å². The first-order valence-corrected chi connectivity index (χ1v) is 11.6. The van der Waals surface area contributed by atoms with Crippen LogP contribution < -0.4 is 17.1 Å². The number of esters is 3. The van der Waals surface area contributed by atoms with Gasteiger partial charge in [0.2, 0.25) is 0 Å². The summed E-state index contributed by atoms with van der Waals surface area (Å²) in [5.74, 6) is -1.83. The lowest BCUT2D eigenvalue weighted by atomic mass is 10.5. The van der Waals surface area contributed by atoms with Gasteiger partial charge in [0.1, 0.15) is 0 Å². The molecular weight excluding hydrogens is 498 g/mol. The van der Waals surface area contributed by atoms with Crippen LogP contribution in [0.25, 0.3) is 0 Å². The monoisotopic (exact) mass is 525 g/mol. The van der Waals surface area contributed by atoms with E-state index in [0.29, 0.717) is 13.7 Å². The SMILES string of the molecule is CCC(=O)OC(S)Cn1c(=O)n(CC(S)OC(=O)CC)c(=O)n(CC(S)OC(=O)CC)c1=O. The fourth-order valence-corrected chi connectivity index (χ4v) is 3.28. The summed E-state index contributed by atoms with van der Waals surface area (Å²) in [7, 11) is 0. The molecule has 0 bridgehead atoms. The van der Waals surface area contributed by atoms with Gasteiger partial charge in [-0.05, 0) is 0 Å². The average Bonchev–Trinajstić information content (AvgIpc) is 2.76. The van der Waals surface area contributed by atoms with Crippen molar-refractivity contribution in [2.45, 2.75) is 76.0 Å². The molecule has 15 heteroatoms. The summed E-state index contributed by atoms with van der Waals surface area (Å²) in [6.45, 7) is 3.21. The van der Waals surface area contributed by atoms with Crippen molar-refractivity contribution in [1.29, 1.82) is 0 Å². The zero-order chi connectivity index (χ0) is 25.3. The summed E-state index contributed by atoms with van der Waals surface area (Å²) in [6, 6.07) is 0. The van der Waals surface area contributed by atoms with Crippen LogP contribution in [0.3, 0.4) is 0 Å². The first-order valence-electron chi connectivity index (χ1n) is 10.0. The lowest BCUT2D eigenvalue weighted by Gasteiger charge is -2.19. The first-order chi connectivity index (χ1) is 15.4. The van der Waals surface area contributed by atoms with Gasteiger partial charge in [0.25, 0.3) is 0 Å². The highest BCUT2D eigenvalue weighted by Gasteiger charge is 2.23. The molecule has 33 heavy (non-hydrogen) atoms. The summed E-state index contributed by atoms with van der Waals surface area (Å²) in [6.07, 6.45) is 0.137. The normalized spacial score (nSPS) is 13.6. The Morgan fingerprint density at radius 1 is 0.606 bits per heavy atom. The Labute approximate surface area is 205 Å². The maximum atomic E-state index is 12.9. The third-order valence-corrected chi connectivity index (χ3v) is 4.88. The van der Waals surface area contributed by atoms with Gasteiger partial charge < -0.3 is 14.2 Å². The predicted octanol–water partition coefficient (Wildman–Crippen LogP) is -0.201. The van der Waals surface area contributed by atoms with Crippen molar-refractivity contribution in [3.8, 4) is 0 Å². The second-order valence-corrected chi connectivity index (χ2v) is 8.30. The van der Waals surface area contributed by atoms with Crippen molar-refractivity contribution in [1.82, 2.24) is 13.7 Å². The molecule has 186 valence electrons. The Balaban J connectivity index is 3.47. The molecule has 1 aromatic heterocycles. The van der Waals surface area contributed by atoms with E-state index in [1.807, 2.05) is 0 Å². The van der Waals surface area contributed by atoms with E-state index in [9.17, 15) is 28.8 Å². The van der Waals surface area contributed by atoms with Crippen LogP contribution in [0.2, 0.25) is 0 Å². The number of rotatable bonds is 12. The lowest BCUT2D eigenvalue weighted by molar-refractivity contribution is -0.145. The molecule has 1 aromatic rings. The average molecular weight is 526 g/mol. The third kappa shape index (κ3) is 8.62. The number of hydrogen-bond acceptors (Lipinski definition) is 12. The van der Waals surface area contributed by atoms with Crippen molar-refractivity contribution in [3.63, 3.8) is 0 Å². The fraction of sp³-hybridized carbons (Fsp3) is 0.667. The predicted molar refractivity (Wildman–Crippen MR) is 127 cm³/mol. The van der Waals surface area contributed by atoms with Crippen LogP contribution in [0.1, 0.15) is 40.0 Å². The Bertz CT molecular complexity index is 875.